The Kier molecular flexibility index (Phi) is 3.82. The fraction of sp³-hybridized carbons (Fsp3) is 0.278. The molecule has 1 aromatic heterocycles. The van der Waals surface area contributed by atoms with E-state index >= 15 is 0 Å². The lowest BCUT2D eigenvalue weighted by Gasteiger charge is -2.09. The second-order valence-corrected chi connectivity index (χ2v) is 5.75. The van der Waals surface area contributed by atoms with Crippen LogP contribution in [0.4, 0.5) is 4.39 Å². The number of nitrogens with zero attached hydrogens (tertiary/aromatic N) is 2. The number of benzene rings is 2. The fourth-order valence-corrected chi connectivity index (χ4v) is 2.96. The molecule has 0 saturated heterocycles. The van der Waals surface area contributed by atoms with Gasteiger partial charge in [-0.1, -0.05) is 12.1 Å². The Morgan fingerprint density at radius 3 is 2.62 bits per heavy atom. The summed E-state index contributed by atoms with van der Waals surface area (Å²) in [5.74, 6) is 2.02. The molecule has 0 radical (unpaired) electrons. The summed E-state index contributed by atoms with van der Waals surface area (Å²) in [6.45, 7) is 0.990. The van der Waals surface area contributed by atoms with E-state index in [-0.39, 0.29) is 19.2 Å². The Morgan fingerprint density at radius 2 is 1.88 bits per heavy atom. The molecule has 0 saturated carbocycles. The van der Waals surface area contributed by atoms with Crippen molar-refractivity contribution >= 4 is 11.0 Å². The molecule has 1 N–H and O–H groups in total. The number of aromatic nitrogens is 2. The van der Waals surface area contributed by atoms with Crippen LogP contribution >= 0.6 is 0 Å². The molecule has 4 rings (SSSR count). The minimum Gasteiger partial charge on any atom is -0.454 e. The maximum Gasteiger partial charge on any atom is 0.231 e. The highest BCUT2D eigenvalue weighted by molar-refractivity contribution is 5.81. The predicted octanol–water partition coefficient (Wildman–Crippen LogP) is 2.88. The van der Waals surface area contributed by atoms with Gasteiger partial charge in [-0.15, -0.1) is 0 Å². The van der Waals surface area contributed by atoms with E-state index in [1.807, 2.05) is 12.1 Å². The van der Waals surface area contributed by atoms with Crippen molar-refractivity contribution in [3.63, 3.8) is 0 Å². The second kappa shape index (κ2) is 6.13. The zero-order valence-electron chi connectivity index (χ0n) is 13.0. The first-order valence-corrected chi connectivity index (χ1v) is 7.88. The summed E-state index contributed by atoms with van der Waals surface area (Å²) in [5.41, 5.74) is 2.76. The van der Waals surface area contributed by atoms with Gasteiger partial charge in [0.1, 0.15) is 11.6 Å². The standard InChI is InChI=1S/C18H17FN2O3/c19-13-4-2-12(3-5-13)8-18-20-14-9-16-17(24-11-23-16)10-15(14)21(18)6-1-7-22/h2-5,9-10,22H,1,6-8,11H2. The van der Waals surface area contributed by atoms with Crippen LogP contribution in [0.15, 0.2) is 36.4 Å². The summed E-state index contributed by atoms with van der Waals surface area (Å²) in [6, 6.07) is 10.2. The molecule has 0 bridgehead atoms. The van der Waals surface area contributed by atoms with E-state index in [9.17, 15) is 9.50 Å². The first kappa shape index (κ1) is 15.0. The number of hydrogen-bond donors (Lipinski definition) is 1. The minimum atomic E-state index is -0.252. The van der Waals surface area contributed by atoms with E-state index in [2.05, 4.69) is 4.57 Å². The number of ether oxygens (including phenoxy) is 2. The first-order valence-electron chi connectivity index (χ1n) is 7.88. The number of hydrogen-bond acceptors (Lipinski definition) is 4. The third kappa shape index (κ3) is 2.69. The van der Waals surface area contributed by atoms with Crippen LogP contribution in [0.3, 0.4) is 0 Å². The summed E-state index contributed by atoms with van der Waals surface area (Å²) in [6.07, 6.45) is 1.23. The second-order valence-electron chi connectivity index (χ2n) is 5.75. The highest BCUT2D eigenvalue weighted by Gasteiger charge is 2.19. The van der Waals surface area contributed by atoms with Gasteiger partial charge in [0.15, 0.2) is 11.5 Å². The molecule has 5 nitrogen and oxygen atoms in total. The Balaban J connectivity index is 1.76. The monoisotopic (exact) mass is 328 g/mol. The Hall–Kier alpha value is -2.60. The maximum absolute atomic E-state index is 13.1. The highest BCUT2D eigenvalue weighted by atomic mass is 19.1. The van der Waals surface area contributed by atoms with Crippen LogP contribution in [0, 0.1) is 5.82 Å². The molecule has 3 aromatic rings. The van der Waals surface area contributed by atoms with Crippen LogP contribution in [0.5, 0.6) is 11.5 Å². The first-order chi connectivity index (χ1) is 11.7. The molecule has 124 valence electrons. The van der Waals surface area contributed by atoms with Gasteiger partial charge in [-0.05, 0) is 24.1 Å². The SMILES string of the molecule is OCCCn1c(Cc2ccc(F)cc2)nc2cc3c(cc21)OCO3. The van der Waals surface area contributed by atoms with Crippen LogP contribution in [-0.4, -0.2) is 28.1 Å². The molecule has 2 aromatic carbocycles. The summed E-state index contributed by atoms with van der Waals surface area (Å²) < 4.78 is 26.0. The van der Waals surface area contributed by atoms with Crippen molar-refractivity contribution in [3.05, 3.63) is 53.6 Å². The van der Waals surface area contributed by atoms with Crippen molar-refractivity contribution in [1.82, 2.24) is 9.55 Å². The fourth-order valence-electron chi connectivity index (χ4n) is 2.96. The van der Waals surface area contributed by atoms with Gasteiger partial charge >= 0.3 is 0 Å². The molecule has 0 spiro atoms. The van der Waals surface area contributed by atoms with Gasteiger partial charge in [-0.3, -0.25) is 0 Å². The van der Waals surface area contributed by atoms with E-state index in [1.54, 1.807) is 12.1 Å². The lowest BCUT2D eigenvalue weighted by Crippen LogP contribution is -2.06. The number of fused-ring (bicyclic) bond motifs is 2. The number of imidazole rings is 1. The molecular weight excluding hydrogens is 311 g/mol. The Bertz CT molecular complexity index is 874. The summed E-state index contributed by atoms with van der Waals surface area (Å²) in [5, 5.41) is 9.18. The van der Waals surface area contributed by atoms with Gasteiger partial charge < -0.3 is 19.1 Å². The van der Waals surface area contributed by atoms with Gasteiger partial charge in [0.05, 0.1) is 11.0 Å². The Labute approximate surface area is 138 Å². The number of aliphatic hydroxyl groups excluding tert-OH is 1. The average Bonchev–Trinajstić information content (AvgIpc) is 3.16. The molecule has 6 heteroatoms. The molecule has 0 unspecified atom stereocenters. The van der Waals surface area contributed by atoms with Gasteiger partial charge in [0, 0.05) is 31.7 Å². The number of aryl methyl sites for hydroxylation is 1. The zero-order valence-corrected chi connectivity index (χ0v) is 13.0. The molecular formula is C18H17FN2O3. The molecule has 2 heterocycles. The molecule has 0 atom stereocenters. The van der Waals surface area contributed by atoms with Gasteiger partial charge in [-0.25, -0.2) is 9.37 Å². The van der Waals surface area contributed by atoms with E-state index < -0.39 is 0 Å². The number of rotatable bonds is 5. The summed E-state index contributed by atoms with van der Waals surface area (Å²) >= 11 is 0. The smallest absolute Gasteiger partial charge is 0.231 e. The maximum atomic E-state index is 13.1. The molecule has 0 fully saturated rings. The van der Waals surface area contributed by atoms with E-state index in [0.29, 0.717) is 30.9 Å². The largest absolute Gasteiger partial charge is 0.454 e. The molecule has 0 aliphatic carbocycles. The van der Waals surface area contributed by atoms with Gasteiger partial charge in [0.25, 0.3) is 0 Å². The van der Waals surface area contributed by atoms with Crippen molar-refractivity contribution in [2.24, 2.45) is 0 Å². The lowest BCUT2D eigenvalue weighted by atomic mass is 10.1. The molecule has 1 aliphatic rings. The number of aliphatic hydroxyl groups is 1. The molecule has 0 amide bonds. The normalized spacial score (nSPS) is 12.9. The van der Waals surface area contributed by atoms with Crippen LogP contribution in [0.2, 0.25) is 0 Å². The third-order valence-corrected chi connectivity index (χ3v) is 4.14. The van der Waals surface area contributed by atoms with Crippen molar-refractivity contribution in [2.75, 3.05) is 13.4 Å². The minimum absolute atomic E-state index is 0.111. The zero-order chi connectivity index (χ0) is 16.5. The van der Waals surface area contributed by atoms with Crippen LogP contribution in [-0.2, 0) is 13.0 Å². The van der Waals surface area contributed by atoms with Crippen molar-refractivity contribution in [2.45, 2.75) is 19.4 Å². The Morgan fingerprint density at radius 1 is 1.12 bits per heavy atom. The highest BCUT2D eigenvalue weighted by Crippen LogP contribution is 2.36. The summed E-state index contributed by atoms with van der Waals surface area (Å²) in [4.78, 5) is 4.71. The van der Waals surface area contributed by atoms with Gasteiger partial charge in [0.2, 0.25) is 6.79 Å². The van der Waals surface area contributed by atoms with Crippen LogP contribution in [0.1, 0.15) is 17.8 Å². The quantitative estimate of drug-likeness (QED) is 0.782. The van der Waals surface area contributed by atoms with Gasteiger partial charge in [-0.2, -0.15) is 0 Å². The average molecular weight is 328 g/mol. The molecule has 24 heavy (non-hydrogen) atoms. The third-order valence-electron chi connectivity index (χ3n) is 4.14. The van der Waals surface area contributed by atoms with Crippen molar-refractivity contribution < 1.29 is 19.0 Å². The van der Waals surface area contributed by atoms with E-state index in [0.717, 1.165) is 22.4 Å². The van der Waals surface area contributed by atoms with Crippen LogP contribution in [0.25, 0.3) is 11.0 Å². The van der Waals surface area contributed by atoms with E-state index in [1.165, 1.54) is 12.1 Å². The van der Waals surface area contributed by atoms with E-state index in [4.69, 9.17) is 14.5 Å². The van der Waals surface area contributed by atoms with Crippen molar-refractivity contribution in [3.8, 4) is 11.5 Å². The molecule has 1 aliphatic heterocycles. The topological polar surface area (TPSA) is 56.5 Å². The lowest BCUT2D eigenvalue weighted by molar-refractivity contribution is 0.174. The number of halogens is 1. The summed E-state index contributed by atoms with van der Waals surface area (Å²) in [7, 11) is 0. The predicted molar refractivity (Wildman–Crippen MR) is 86.8 cm³/mol. The van der Waals surface area contributed by atoms with Crippen LogP contribution < -0.4 is 9.47 Å². The van der Waals surface area contributed by atoms with Crippen molar-refractivity contribution in [1.29, 1.82) is 0 Å².